The summed E-state index contributed by atoms with van der Waals surface area (Å²) in [7, 11) is 0. The van der Waals surface area contributed by atoms with Crippen LogP contribution in [0.5, 0.6) is 0 Å². The molecule has 122 valence electrons. The van der Waals surface area contributed by atoms with Crippen molar-refractivity contribution in [2.75, 3.05) is 31.1 Å². The average molecular weight is 327 g/mol. The first-order chi connectivity index (χ1) is 10.5. The lowest BCUT2D eigenvalue weighted by atomic mass is 9.91. The van der Waals surface area contributed by atoms with Crippen molar-refractivity contribution in [1.29, 1.82) is 0 Å². The Morgan fingerprint density at radius 2 is 1.95 bits per heavy atom. The first kappa shape index (κ1) is 16.2. The zero-order valence-electron chi connectivity index (χ0n) is 12.9. The Hall–Kier alpha value is -0.650. The van der Waals surface area contributed by atoms with Crippen LogP contribution in [0, 0.1) is 11.3 Å². The van der Waals surface area contributed by atoms with E-state index in [0.29, 0.717) is 11.3 Å². The molecule has 2 aliphatic rings. The van der Waals surface area contributed by atoms with E-state index in [1.165, 1.54) is 18.6 Å². The zero-order chi connectivity index (χ0) is 15.7. The molecule has 1 atom stereocenters. The number of hydrogen-bond acceptors (Lipinski definition) is 2. The topological polar surface area (TPSA) is 26.3 Å². The number of rotatable bonds is 5. The van der Waals surface area contributed by atoms with Gasteiger partial charge in [-0.3, -0.25) is 0 Å². The van der Waals surface area contributed by atoms with Gasteiger partial charge < -0.3 is 9.45 Å². The molecule has 0 N–H and O–H groups in total. The van der Waals surface area contributed by atoms with E-state index in [1.54, 1.807) is 0 Å². The third-order valence-corrected chi connectivity index (χ3v) is 6.71. The molecule has 2 nitrogen and oxygen atoms in total. The molecule has 0 bridgehead atoms. The Labute approximate surface area is 134 Å². The quantitative estimate of drug-likeness (QED) is 0.776. The third kappa shape index (κ3) is 3.63. The van der Waals surface area contributed by atoms with Crippen molar-refractivity contribution in [2.45, 2.75) is 26.2 Å². The van der Waals surface area contributed by atoms with Gasteiger partial charge in [0.15, 0.2) is 0 Å². The van der Waals surface area contributed by atoms with E-state index in [4.69, 9.17) is 0 Å². The van der Waals surface area contributed by atoms with Gasteiger partial charge in [0.25, 0.3) is 6.43 Å². The van der Waals surface area contributed by atoms with E-state index in [9.17, 15) is 13.3 Å². The number of hydrogen-bond donors (Lipinski definition) is 0. The molecule has 1 aromatic carbocycles. The lowest BCUT2D eigenvalue weighted by Crippen LogP contribution is -2.50. The molecule has 0 radical (unpaired) electrons. The minimum absolute atomic E-state index is 0.0934. The fraction of sp³-hybridized carbons (Fsp3) is 0.647. The number of benzene rings is 1. The highest BCUT2D eigenvalue weighted by molar-refractivity contribution is 7.92. The van der Waals surface area contributed by atoms with Crippen LogP contribution in [0.1, 0.15) is 30.9 Å². The van der Waals surface area contributed by atoms with Gasteiger partial charge in [-0.05, 0) is 30.9 Å². The minimum atomic E-state index is -2.39. The van der Waals surface area contributed by atoms with Crippen molar-refractivity contribution in [1.82, 2.24) is 4.90 Å². The molecule has 0 amide bonds. The predicted molar refractivity (Wildman–Crippen MR) is 85.6 cm³/mol. The van der Waals surface area contributed by atoms with Gasteiger partial charge >= 0.3 is 0 Å². The van der Waals surface area contributed by atoms with Crippen molar-refractivity contribution in [3.63, 3.8) is 0 Å². The molecule has 5 heteroatoms. The van der Waals surface area contributed by atoms with Gasteiger partial charge in [-0.1, -0.05) is 42.4 Å². The normalized spacial score (nSPS) is 30.0. The second-order valence-corrected chi connectivity index (χ2v) is 8.52. The Kier molecular flexibility index (Phi) is 4.76. The van der Waals surface area contributed by atoms with Gasteiger partial charge in [-0.25, -0.2) is 8.78 Å². The molecule has 1 aromatic rings. The summed E-state index contributed by atoms with van der Waals surface area (Å²) in [5, 5.41) is 0. The first-order valence-electron chi connectivity index (χ1n) is 7.90. The number of likely N-dealkylation sites (tertiary alicyclic amines) is 1. The molecular weight excluding hydrogens is 304 g/mol. The molecule has 2 heterocycles. The highest BCUT2D eigenvalue weighted by Crippen LogP contribution is 2.41. The summed E-state index contributed by atoms with van der Waals surface area (Å²) in [5.74, 6) is 2.26. The van der Waals surface area contributed by atoms with Crippen molar-refractivity contribution >= 4 is 11.2 Å². The Balaban J connectivity index is 1.47. The summed E-state index contributed by atoms with van der Waals surface area (Å²) in [6, 6.07) is 6.69. The maximum atomic E-state index is 12.5. The van der Waals surface area contributed by atoms with Gasteiger partial charge in [-0.15, -0.1) is 0 Å². The third-order valence-electron chi connectivity index (χ3n) is 4.84. The highest BCUT2D eigenvalue weighted by Gasteiger charge is 2.52. The molecule has 22 heavy (non-hydrogen) atoms. The summed E-state index contributed by atoms with van der Waals surface area (Å²) in [6.07, 6.45) is -0.298. The molecule has 0 aromatic heterocycles. The monoisotopic (exact) mass is 327 g/mol. The Bertz CT molecular complexity index is 502. The minimum Gasteiger partial charge on any atom is -0.616 e. The van der Waals surface area contributed by atoms with Crippen molar-refractivity contribution in [2.24, 2.45) is 11.3 Å². The van der Waals surface area contributed by atoms with Crippen LogP contribution in [0.25, 0.3) is 0 Å². The molecule has 2 fully saturated rings. The molecular formula is C17H23F2NOS. The highest BCUT2D eigenvalue weighted by atomic mass is 32.2. The van der Waals surface area contributed by atoms with Gasteiger partial charge in [0, 0.05) is 18.7 Å². The summed E-state index contributed by atoms with van der Waals surface area (Å²) >= 11 is -0.574. The second kappa shape index (κ2) is 6.46. The molecule has 1 spiro atoms. The van der Waals surface area contributed by atoms with Crippen molar-refractivity contribution in [3.8, 4) is 0 Å². The number of nitrogens with zero attached hydrogens (tertiary/aromatic N) is 1. The van der Waals surface area contributed by atoms with Crippen molar-refractivity contribution in [3.05, 3.63) is 35.4 Å². The number of alkyl halides is 2. The predicted octanol–water partition coefficient (Wildman–Crippen LogP) is 3.26. The van der Waals surface area contributed by atoms with Crippen LogP contribution >= 0.6 is 0 Å². The van der Waals surface area contributed by atoms with Gasteiger partial charge in [0.05, 0.1) is 5.41 Å². The van der Waals surface area contributed by atoms with E-state index in [1.807, 2.05) is 12.1 Å². The van der Waals surface area contributed by atoms with Gasteiger partial charge in [0.2, 0.25) is 0 Å². The second-order valence-electron chi connectivity index (χ2n) is 7.07. The molecule has 2 saturated heterocycles. The lowest BCUT2D eigenvalue weighted by Gasteiger charge is -2.39. The SMILES string of the molecule is CC(Cc1ccc(C(F)F)cc1)CN1CCC2(C1)C[S+]([O-])C2. The molecule has 3 rings (SSSR count). The molecule has 1 unspecified atom stereocenters. The average Bonchev–Trinajstić information content (AvgIpc) is 2.82. The lowest BCUT2D eigenvalue weighted by molar-refractivity contribution is 0.151. The fourth-order valence-corrected chi connectivity index (χ4v) is 5.52. The van der Waals surface area contributed by atoms with Crippen LogP contribution in [0.3, 0.4) is 0 Å². The van der Waals surface area contributed by atoms with Gasteiger partial charge in [0.1, 0.15) is 11.5 Å². The zero-order valence-corrected chi connectivity index (χ0v) is 13.7. The maximum Gasteiger partial charge on any atom is 0.263 e. The summed E-state index contributed by atoms with van der Waals surface area (Å²) in [6.45, 7) is 5.43. The summed E-state index contributed by atoms with van der Waals surface area (Å²) in [5.41, 5.74) is 1.55. The van der Waals surface area contributed by atoms with Crippen LogP contribution in [-0.2, 0) is 17.6 Å². The fourth-order valence-electron chi connectivity index (χ4n) is 3.77. The van der Waals surface area contributed by atoms with E-state index in [-0.39, 0.29) is 5.56 Å². The van der Waals surface area contributed by atoms with E-state index in [0.717, 1.165) is 43.1 Å². The Morgan fingerprint density at radius 3 is 2.55 bits per heavy atom. The maximum absolute atomic E-state index is 12.5. The van der Waals surface area contributed by atoms with E-state index >= 15 is 0 Å². The van der Waals surface area contributed by atoms with Crippen LogP contribution in [0.4, 0.5) is 8.78 Å². The van der Waals surface area contributed by atoms with Crippen molar-refractivity contribution < 1.29 is 13.3 Å². The first-order valence-corrected chi connectivity index (χ1v) is 9.39. The smallest absolute Gasteiger partial charge is 0.263 e. The standard InChI is InChI=1S/C17H23F2NOS/c1-13(8-14-2-4-15(5-3-14)16(18)19)9-20-7-6-17(10-20)11-22(21)12-17/h2-5,13,16H,6-12H2,1H3. The molecule has 0 aliphatic carbocycles. The van der Waals surface area contributed by atoms with Crippen LogP contribution in [-0.4, -0.2) is 40.6 Å². The summed E-state index contributed by atoms with van der Waals surface area (Å²) in [4.78, 5) is 2.48. The molecule has 0 saturated carbocycles. The largest absolute Gasteiger partial charge is 0.616 e. The van der Waals surface area contributed by atoms with Crippen LogP contribution in [0.2, 0.25) is 0 Å². The van der Waals surface area contributed by atoms with E-state index < -0.39 is 17.6 Å². The van der Waals surface area contributed by atoms with Crippen LogP contribution in [0.15, 0.2) is 24.3 Å². The van der Waals surface area contributed by atoms with Crippen LogP contribution < -0.4 is 0 Å². The Morgan fingerprint density at radius 1 is 1.27 bits per heavy atom. The number of halogens is 2. The summed E-state index contributed by atoms with van der Waals surface area (Å²) < 4.78 is 36.4. The van der Waals surface area contributed by atoms with E-state index in [2.05, 4.69) is 11.8 Å². The van der Waals surface area contributed by atoms with Gasteiger partial charge in [-0.2, -0.15) is 0 Å². The molecule has 2 aliphatic heterocycles.